The molecule has 28 heavy (non-hydrogen) atoms. The molecule has 2 rings (SSSR count). The molecule has 1 aromatic carbocycles. The number of rotatable bonds is 5. The average molecular weight is 455 g/mol. The summed E-state index contributed by atoms with van der Waals surface area (Å²) in [4.78, 5) is 38.6. The van der Waals surface area contributed by atoms with E-state index >= 15 is 0 Å². The molecule has 1 aliphatic rings. The molecule has 0 aliphatic heterocycles. The van der Waals surface area contributed by atoms with E-state index in [0.717, 1.165) is 4.47 Å². The largest absolute Gasteiger partial charge is 0.463 e. The average Bonchev–Trinajstić information content (AvgIpc) is 2.52. The summed E-state index contributed by atoms with van der Waals surface area (Å²) in [7, 11) is 0. The van der Waals surface area contributed by atoms with E-state index in [9.17, 15) is 19.5 Å². The maximum Gasteiger partial charge on any atom is 0.317 e. The molecule has 0 saturated heterocycles. The SMILES string of the molecule is CC(C)OC(=O)[C@@H]1C(=O)C[C@](C)(O)[C@@H](C(=O)OC(C)C)[C@@H]1c1ccc(Br)cc1. The van der Waals surface area contributed by atoms with Crippen LogP contribution in [0.2, 0.25) is 0 Å². The Morgan fingerprint density at radius 3 is 2.07 bits per heavy atom. The van der Waals surface area contributed by atoms with Crippen LogP contribution in [0.3, 0.4) is 0 Å². The highest BCUT2D eigenvalue weighted by Crippen LogP contribution is 2.47. The summed E-state index contributed by atoms with van der Waals surface area (Å²) in [6, 6.07) is 6.99. The molecule has 1 aromatic rings. The first-order valence-electron chi connectivity index (χ1n) is 9.35. The highest BCUT2D eigenvalue weighted by molar-refractivity contribution is 9.10. The van der Waals surface area contributed by atoms with Crippen LogP contribution in [-0.2, 0) is 23.9 Å². The fourth-order valence-electron chi connectivity index (χ4n) is 3.71. The minimum Gasteiger partial charge on any atom is -0.463 e. The number of Topliss-reactive ketones (excluding diaryl/α,β-unsaturated/α-hetero) is 1. The van der Waals surface area contributed by atoms with Crippen LogP contribution in [0.1, 0.15) is 52.5 Å². The zero-order valence-corrected chi connectivity index (χ0v) is 18.4. The second-order valence-corrected chi connectivity index (χ2v) is 8.92. The maximum atomic E-state index is 12.9. The van der Waals surface area contributed by atoms with Gasteiger partial charge in [0.05, 0.1) is 23.7 Å². The van der Waals surface area contributed by atoms with Crippen LogP contribution < -0.4 is 0 Å². The van der Waals surface area contributed by atoms with Crippen LogP contribution in [0.15, 0.2) is 28.7 Å². The van der Waals surface area contributed by atoms with Gasteiger partial charge in [0.1, 0.15) is 5.92 Å². The summed E-state index contributed by atoms with van der Waals surface area (Å²) < 4.78 is 11.5. The Kier molecular flexibility index (Phi) is 7.04. The van der Waals surface area contributed by atoms with Crippen molar-refractivity contribution in [1.29, 1.82) is 0 Å². The van der Waals surface area contributed by atoms with Crippen molar-refractivity contribution in [1.82, 2.24) is 0 Å². The molecule has 1 saturated carbocycles. The summed E-state index contributed by atoms with van der Waals surface area (Å²) in [6.07, 6.45) is -1.13. The molecule has 6 nitrogen and oxygen atoms in total. The molecule has 1 aliphatic carbocycles. The van der Waals surface area contributed by atoms with Crippen molar-refractivity contribution in [2.45, 2.75) is 64.8 Å². The van der Waals surface area contributed by atoms with Crippen LogP contribution >= 0.6 is 15.9 Å². The molecule has 0 amide bonds. The van der Waals surface area contributed by atoms with Crippen molar-refractivity contribution in [3.8, 4) is 0 Å². The Labute approximate surface area is 173 Å². The monoisotopic (exact) mass is 454 g/mol. The third kappa shape index (κ3) is 5.00. The molecule has 0 heterocycles. The predicted octanol–water partition coefficient (Wildman–Crippen LogP) is 3.39. The number of benzene rings is 1. The molecule has 0 aromatic heterocycles. The summed E-state index contributed by atoms with van der Waals surface area (Å²) in [5.74, 6) is -4.93. The van der Waals surface area contributed by atoms with E-state index in [-0.39, 0.29) is 6.42 Å². The lowest BCUT2D eigenvalue weighted by Crippen LogP contribution is -2.55. The highest BCUT2D eigenvalue weighted by Gasteiger charge is 2.57. The number of esters is 2. The fraction of sp³-hybridized carbons (Fsp3) is 0.571. The fourth-order valence-corrected chi connectivity index (χ4v) is 3.98. The molecule has 1 N–H and O–H groups in total. The molecule has 0 radical (unpaired) electrons. The zero-order chi connectivity index (χ0) is 21.2. The van der Waals surface area contributed by atoms with E-state index in [0.29, 0.717) is 5.56 Å². The molecular formula is C21H27BrO6. The van der Waals surface area contributed by atoms with Crippen LogP contribution in [0, 0.1) is 11.8 Å². The molecular weight excluding hydrogens is 428 g/mol. The van der Waals surface area contributed by atoms with Gasteiger partial charge in [-0.1, -0.05) is 28.1 Å². The van der Waals surface area contributed by atoms with Gasteiger partial charge in [0, 0.05) is 16.8 Å². The molecule has 4 atom stereocenters. The van der Waals surface area contributed by atoms with Gasteiger partial charge in [-0.2, -0.15) is 0 Å². The summed E-state index contributed by atoms with van der Waals surface area (Å²) >= 11 is 3.36. The van der Waals surface area contributed by atoms with Crippen molar-refractivity contribution >= 4 is 33.7 Å². The minimum atomic E-state index is -1.64. The second-order valence-electron chi connectivity index (χ2n) is 8.00. The molecule has 0 unspecified atom stereocenters. The zero-order valence-electron chi connectivity index (χ0n) is 16.8. The van der Waals surface area contributed by atoms with E-state index in [1.807, 2.05) is 0 Å². The van der Waals surface area contributed by atoms with E-state index in [2.05, 4.69) is 15.9 Å². The van der Waals surface area contributed by atoms with Crippen LogP contribution in [-0.4, -0.2) is 40.6 Å². The molecule has 1 fully saturated rings. The third-order valence-corrected chi connectivity index (χ3v) is 5.26. The van der Waals surface area contributed by atoms with E-state index in [4.69, 9.17) is 9.47 Å². The minimum absolute atomic E-state index is 0.324. The van der Waals surface area contributed by atoms with E-state index in [1.165, 1.54) is 6.92 Å². The van der Waals surface area contributed by atoms with Crippen molar-refractivity contribution in [3.05, 3.63) is 34.3 Å². The maximum absolute atomic E-state index is 12.9. The summed E-state index contributed by atoms with van der Waals surface area (Å²) in [6.45, 7) is 8.24. The quantitative estimate of drug-likeness (QED) is 0.541. The number of ketones is 1. The smallest absolute Gasteiger partial charge is 0.317 e. The van der Waals surface area contributed by atoms with Gasteiger partial charge in [-0.3, -0.25) is 14.4 Å². The van der Waals surface area contributed by atoms with Crippen LogP contribution in [0.5, 0.6) is 0 Å². The number of carbonyl (C=O) groups excluding carboxylic acids is 3. The highest BCUT2D eigenvalue weighted by atomic mass is 79.9. The van der Waals surface area contributed by atoms with Crippen molar-refractivity contribution in [2.75, 3.05) is 0 Å². The van der Waals surface area contributed by atoms with Gasteiger partial charge in [0.15, 0.2) is 5.78 Å². The van der Waals surface area contributed by atoms with Gasteiger partial charge in [0.2, 0.25) is 0 Å². The first-order chi connectivity index (χ1) is 12.9. The lowest BCUT2D eigenvalue weighted by atomic mass is 9.61. The normalized spacial score (nSPS) is 27.8. The van der Waals surface area contributed by atoms with Crippen molar-refractivity contribution in [3.63, 3.8) is 0 Å². The third-order valence-electron chi connectivity index (χ3n) is 4.73. The number of carbonyl (C=O) groups is 3. The first-order valence-corrected chi connectivity index (χ1v) is 10.1. The van der Waals surface area contributed by atoms with E-state index in [1.54, 1.807) is 52.0 Å². The number of ether oxygens (including phenoxy) is 2. The van der Waals surface area contributed by atoms with Gasteiger partial charge < -0.3 is 14.6 Å². The number of aliphatic hydroxyl groups is 1. The Balaban J connectivity index is 2.59. The molecule has 0 spiro atoms. The standard InChI is InChI=1S/C21H27BrO6/c1-11(2)27-19(24)17-15(23)10-21(5,26)18(20(25)28-12(3)4)16(17)13-6-8-14(22)9-7-13/h6-9,11-12,16-18,26H,10H2,1-5H3/t16-,17-,18-,21+/m1/s1. The van der Waals surface area contributed by atoms with Gasteiger partial charge in [-0.15, -0.1) is 0 Å². The predicted molar refractivity (Wildman–Crippen MR) is 107 cm³/mol. The first kappa shape index (κ1) is 22.6. The topological polar surface area (TPSA) is 89.9 Å². The second kappa shape index (κ2) is 8.74. The summed E-state index contributed by atoms with van der Waals surface area (Å²) in [5, 5.41) is 11.0. The lowest BCUT2D eigenvalue weighted by molar-refractivity contribution is -0.176. The molecule has 0 bridgehead atoms. The van der Waals surface area contributed by atoms with Crippen molar-refractivity contribution < 1.29 is 29.0 Å². The van der Waals surface area contributed by atoms with Gasteiger partial charge >= 0.3 is 11.9 Å². The van der Waals surface area contributed by atoms with Crippen molar-refractivity contribution in [2.24, 2.45) is 11.8 Å². The number of halogens is 1. The van der Waals surface area contributed by atoms with Gasteiger partial charge in [-0.25, -0.2) is 0 Å². The number of hydrogen-bond acceptors (Lipinski definition) is 6. The van der Waals surface area contributed by atoms with E-state index < -0.39 is 53.3 Å². The van der Waals surface area contributed by atoms with Gasteiger partial charge in [0.25, 0.3) is 0 Å². The van der Waals surface area contributed by atoms with Crippen LogP contribution in [0.4, 0.5) is 0 Å². The Morgan fingerprint density at radius 2 is 1.57 bits per heavy atom. The Hall–Kier alpha value is -1.73. The Bertz CT molecular complexity index is 730. The lowest BCUT2D eigenvalue weighted by Gasteiger charge is -2.44. The summed E-state index contributed by atoms with van der Waals surface area (Å²) in [5.41, 5.74) is -1.05. The number of hydrogen-bond donors (Lipinski definition) is 1. The molecule has 7 heteroatoms. The van der Waals surface area contributed by atoms with Crippen LogP contribution in [0.25, 0.3) is 0 Å². The Morgan fingerprint density at radius 1 is 1.07 bits per heavy atom. The van der Waals surface area contributed by atoms with Gasteiger partial charge in [-0.05, 0) is 52.3 Å². The molecule has 154 valence electrons.